The molecule has 0 heterocycles. The van der Waals surface area contributed by atoms with Gasteiger partial charge in [-0.2, -0.15) is 0 Å². The van der Waals surface area contributed by atoms with E-state index in [0.717, 1.165) is 11.2 Å². The second-order valence-corrected chi connectivity index (χ2v) is 6.11. The van der Waals surface area contributed by atoms with Crippen molar-refractivity contribution in [2.24, 2.45) is 0 Å². The van der Waals surface area contributed by atoms with Crippen molar-refractivity contribution in [3.8, 4) is 0 Å². The maximum Gasteiger partial charge on any atom is 0.316 e. The Kier molecular flexibility index (Phi) is 5.23. The molecule has 0 aliphatic carbocycles. The molecule has 0 spiro atoms. The predicted octanol–water partition coefficient (Wildman–Crippen LogP) is 3.59. The Balaban J connectivity index is 2.59. The van der Waals surface area contributed by atoms with Gasteiger partial charge in [-0.3, -0.25) is 9.59 Å². The highest BCUT2D eigenvalue weighted by molar-refractivity contribution is 8.00. The molecule has 0 fully saturated rings. The number of hydrogen-bond donors (Lipinski definition) is 0. The van der Waals surface area contributed by atoms with Crippen molar-refractivity contribution in [1.29, 1.82) is 0 Å². The molecule has 0 unspecified atom stereocenters. The molecule has 1 rings (SSSR count). The summed E-state index contributed by atoms with van der Waals surface area (Å²) < 4.78 is 5.19. The van der Waals surface area contributed by atoms with Crippen LogP contribution in [0.25, 0.3) is 0 Å². The second-order valence-electron chi connectivity index (χ2n) is 4.68. The molecule has 18 heavy (non-hydrogen) atoms. The van der Waals surface area contributed by atoms with Gasteiger partial charge in [-0.1, -0.05) is 17.7 Å². The average molecular weight is 287 g/mol. The zero-order valence-corrected chi connectivity index (χ0v) is 12.1. The zero-order chi connectivity index (χ0) is 13.8. The molecule has 98 valence electrons. The topological polar surface area (TPSA) is 43.4 Å². The Morgan fingerprint density at radius 2 is 2.11 bits per heavy atom. The van der Waals surface area contributed by atoms with Crippen LogP contribution in [0.3, 0.4) is 0 Å². The molecule has 0 aromatic heterocycles. The van der Waals surface area contributed by atoms with Gasteiger partial charge in [0.05, 0.1) is 10.8 Å². The van der Waals surface area contributed by atoms with Crippen LogP contribution in [0.5, 0.6) is 0 Å². The van der Waals surface area contributed by atoms with E-state index >= 15 is 0 Å². The molecule has 3 nitrogen and oxygen atoms in total. The number of esters is 1. The quantitative estimate of drug-likeness (QED) is 0.482. The summed E-state index contributed by atoms with van der Waals surface area (Å²) in [5, 5.41) is 0.466. The molecule has 0 aliphatic heterocycles. The number of carbonyl (C=O) groups excluding carboxylic acids is 2. The summed E-state index contributed by atoms with van der Waals surface area (Å²) >= 11 is 7.29. The van der Waals surface area contributed by atoms with E-state index in [-0.39, 0.29) is 11.7 Å². The smallest absolute Gasteiger partial charge is 0.316 e. The van der Waals surface area contributed by atoms with Gasteiger partial charge in [0.2, 0.25) is 0 Å². The molecule has 0 bridgehead atoms. The van der Waals surface area contributed by atoms with Gasteiger partial charge in [-0.15, -0.1) is 11.8 Å². The molecule has 1 aromatic carbocycles. The highest BCUT2D eigenvalue weighted by atomic mass is 35.5. The van der Waals surface area contributed by atoms with E-state index in [2.05, 4.69) is 0 Å². The molecule has 0 aliphatic rings. The van der Waals surface area contributed by atoms with Gasteiger partial charge < -0.3 is 4.74 Å². The first kappa shape index (κ1) is 15.1. The first-order valence-corrected chi connectivity index (χ1v) is 6.77. The monoisotopic (exact) mass is 286 g/mol. The van der Waals surface area contributed by atoms with Crippen LogP contribution in [0.4, 0.5) is 0 Å². The lowest BCUT2D eigenvalue weighted by molar-refractivity contribution is -0.151. The zero-order valence-electron chi connectivity index (χ0n) is 10.5. The van der Waals surface area contributed by atoms with Gasteiger partial charge in [0.1, 0.15) is 11.9 Å². The van der Waals surface area contributed by atoms with Crippen molar-refractivity contribution in [2.45, 2.75) is 31.3 Å². The van der Waals surface area contributed by atoms with Gasteiger partial charge in [0.25, 0.3) is 0 Å². The molecule has 0 amide bonds. The van der Waals surface area contributed by atoms with Crippen molar-refractivity contribution >= 4 is 35.6 Å². The molecule has 0 saturated heterocycles. The number of ether oxygens (including phenoxy) is 1. The van der Waals surface area contributed by atoms with Crippen LogP contribution in [-0.2, 0) is 9.53 Å². The van der Waals surface area contributed by atoms with Crippen LogP contribution < -0.4 is 0 Å². The van der Waals surface area contributed by atoms with Crippen LogP contribution in [0.1, 0.15) is 31.1 Å². The number of hydrogen-bond acceptors (Lipinski definition) is 4. The molecular formula is C13H15ClO3S. The largest absolute Gasteiger partial charge is 0.459 e. The lowest BCUT2D eigenvalue weighted by atomic mass is 10.2. The van der Waals surface area contributed by atoms with Crippen molar-refractivity contribution in [2.75, 3.05) is 5.75 Å². The van der Waals surface area contributed by atoms with E-state index < -0.39 is 5.60 Å². The summed E-state index contributed by atoms with van der Waals surface area (Å²) in [5.74, 6) is -0.0970. The highest BCUT2D eigenvalue weighted by Crippen LogP contribution is 2.28. The average Bonchev–Trinajstić information content (AvgIpc) is 2.25. The van der Waals surface area contributed by atoms with E-state index in [1.807, 2.05) is 20.8 Å². The van der Waals surface area contributed by atoms with Gasteiger partial charge >= 0.3 is 5.97 Å². The van der Waals surface area contributed by atoms with Gasteiger partial charge in [-0.25, -0.2) is 0 Å². The number of benzene rings is 1. The lowest BCUT2D eigenvalue weighted by Crippen LogP contribution is -2.24. The van der Waals surface area contributed by atoms with Crippen LogP contribution in [0.2, 0.25) is 5.02 Å². The van der Waals surface area contributed by atoms with E-state index in [9.17, 15) is 9.59 Å². The van der Waals surface area contributed by atoms with Crippen LogP contribution in [0.15, 0.2) is 23.1 Å². The van der Waals surface area contributed by atoms with Crippen molar-refractivity contribution in [3.05, 3.63) is 28.8 Å². The number of rotatable bonds is 4. The minimum Gasteiger partial charge on any atom is -0.459 e. The fraction of sp³-hybridized carbons (Fsp3) is 0.385. The van der Waals surface area contributed by atoms with Gasteiger partial charge in [0.15, 0.2) is 0 Å². The SMILES string of the molecule is CC(C)(C)OC(=O)CSc1ccc(C=O)cc1Cl. The van der Waals surface area contributed by atoms with Crippen molar-refractivity contribution in [1.82, 2.24) is 0 Å². The minimum absolute atomic E-state index is 0.192. The fourth-order valence-electron chi connectivity index (χ4n) is 1.22. The first-order chi connectivity index (χ1) is 8.31. The van der Waals surface area contributed by atoms with E-state index in [1.54, 1.807) is 18.2 Å². The standard InChI is InChI=1S/C13H15ClO3S/c1-13(2,3)17-12(16)8-18-11-5-4-9(7-15)6-10(11)14/h4-7H,8H2,1-3H3. The third-order valence-corrected chi connectivity index (χ3v) is 3.33. The normalized spacial score (nSPS) is 11.1. The Morgan fingerprint density at radius 1 is 1.44 bits per heavy atom. The summed E-state index contributed by atoms with van der Waals surface area (Å²) in [7, 11) is 0. The Morgan fingerprint density at radius 3 is 2.61 bits per heavy atom. The number of aldehydes is 1. The van der Waals surface area contributed by atoms with Crippen molar-refractivity contribution < 1.29 is 14.3 Å². The van der Waals surface area contributed by atoms with Gasteiger partial charge in [0, 0.05) is 10.5 Å². The van der Waals surface area contributed by atoms with E-state index in [0.29, 0.717) is 10.6 Å². The molecule has 0 N–H and O–H groups in total. The molecule has 5 heteroatoms. The summed E-state index contributed by atoms with van der Waals surface area (Å²) in [6.07, 6.45) is 0.730. The molecular weight excluding hydrogens is 272 g/mol. The first-order valence-electron chi connectivity index (χ1n) is 5.41. The van der Waals surface area contributed by atoms with Gasteiger partial charge in [-0.05, 0) is 32.9 Å². The predicted molar refractivity (Wildman–Crippen MR) is 73.4 cm³/mol. The Labute approximate surface area is 116 Å². The van der Waals surface area contributed by atoms with Crippen LogP contribution in [0, 0.1) is 0 Å². The fourth-order valence-corrected chi connectivity index (χ4v) is 2.26. The van der Waals surface area contributed by atoms with Crippen molar-refractivity contribution in [3.63, 3.8) is 0 Å². The highest BCUT2D eigenvalue weighted by Gasteiger charge is 2.16. The minimum atomic E-state index is -0.483. The third-order valence-electron chi connectivity index (χ3n) is 1.86. The molecule has 0 saturated carbocycles. The summed E-state index contributed by atoms with van der Waals surface area (Å²) in [6.45, 7) is 5.46. The van der Waals surface area contributed by atoms with E-state index in [1.165, 1.54) is 11.8 Å². The third kappa shape index (κ3) is 5.10. The van der Waals surface area contributed by atoms with Crippen LogP contribution in [-0.4, -0.2) is 23.6 Å². The summed E-state index contributed by atoms with van der Waals surface area (Å²) in [5.41, 5.74) is 0.0321. The lowest BCUT2D eigenvalue weighted by Gasteiger charge is -2.19. The Hall–Kier alpha value is -1.00. The molecule has 1 aromatic rings. The molecule has 0 atom stereocenters. The number of thioether (sulfide) groups is 1. The second kappa shape index (κ2) is 6.25. The maximum absolute atomic E-state index is 11.5. The summed E-state index contributed by atoms with van der Waals surface area (Å²) in [4.78, 5) is 22.8. The van der Waals surface area contributed by atoms with Crippen LogP contribution >= 0.6 is 23.4 Å². The maximum atomic E-state index is 11.5. The Bertz CT molecular complexity index is 452. The number of halogens is 1. The summed E-state index contributed by atoms with van der Waals surface area (Å²) in [6, 6.07) is 4.96. The number of carbonyl (C=O) groups is 2. The van der Waals surface area contributed by atoms with E-state index in [4.69, 9.17) is 16.3 Å². The molecule has 0 radical (unpaired) electrons.